The molecule has 14 heavy (non-hydrogen) atoms. The van der Waals surface area contributed by atoms with Crippen LogP contribution in [0.4, 0.5) is 5.69 Å². The van der Waals surface area contributed by atoms with E-state index in [2.05, 4.69) is 9.98 Å². The van der Waals surface area contributed by atoms with Crippen molar-refractivity contribution in [3.05, 3.63) is 30.2 Å². The van der Waals surface area contributed by atoms with Crippen LogP contribution in [0, 0.1) is 0 Å². The maximum atomic E-state index is 5.79. The van der Waals surface area contributed by atoms with Crippen molar-refractivity contribution in [3.63, 3.8) is 0 Å². The van der Waals surface area contributed by atoms with Gasteiger partial charge in [0.2, 0.25) is 0 Å². The predicted octanol–water partition coefficient (Wildman–Crippen LogP) is 0.986. The molecule has 1 aliphatic heterocycles. The number of amidine groups is 1. The zero-order valence-corrected chi connectivity index (χ0v) is 8.23. The SMILES string of the molecule is CN(C)C=C1C(N)=Nc2cccnc21. The molecule has 0 aliphatic carbocycles. The maximum Gasteiger partial charge on any atom is 0.135 e. The lowest BCUT2D eigenvalue weighted by Crippen LogP contribution is -2.13. The van der Waals surface area contributed by atoms with Crippen molar-refractivity contribution in [2.45, 2.75) is 0 Å². The summed E-state index contributed by atoms with van der Waals surface area (Å²) >= 11 is 0. The van der Waals surface area contributed by atoms with E-state index in [9.17, 15) is 0 Å². The van der Waals surface area contributed by atoms with Crippen LogP contribution in [0.2, 0.25) is 0 Å². The van der Waals surface area contributed by atoms with Gasteiger partial charge in [-0.15, -0.1) is 0 Å². The van der Waals surface area contributed by atoms with Gasteiger partial charge >= 0.3 is 0 Å². The molecule has 0 aromatic carbocycles. The van der Waals surface area contributed by atoms with E-state index < -0.39 is 0 Å². The molecule has 2 rings (SSSR count). The fraction of sp³-hybridized carbons (Fsp3) is 0.200. The van der Waals surface area contributed by atoms with Crippen molar-refractivity contribution in [1.29, 1.82) is 0 Å². The van der Waals surface area contributed by atoms with Crippen LogP contribution >= 0.6 is 0 Å². The number of nitrogens with zero attached hydrogens (tertiary/aromatic N) is 3. The summed E-state index contributed by atoms with van der Waals surface area (Å²) in [7, 11) is 3.89. The van der Waals surface area contributed by atoms with Crippen LogP contribution in [-0.4, -0.2) is 29.8 Å². The van der Waals surface area contributed by atoms with Gasteiger partial charge in [-0.2, -0.15) is 0 Å². The minimum atomic E-state index is 0.535. The molecule has 1 aromatic rings. The fourth-order valence-electron chi connectivity index (χ4n) is 1.39. The maximum absolute atomic E-state index is 5.79. The van der Waals surface area contributed by atoms with Gasteiger partial charge in [-0.1, -0.05) is 0 Å². The molecule has 1 aliphatic rings. The third-order valence-electron chi connectivity index (χ3n) is 1.95. The molecule has 0 amide bonds. The summed E-state index contributed by atoms with van der Waals surface area (Å²) in [6, 6.07) is 3.76. The smallest absolute Gasteiger partial charge is 0.135 e. The molecular formula is C10H12N4. The number of rotatable bonds is 1. The van der Waals surface area contributed by atoms with Crippen LogP contribution < -0.4 is 5.73 Å². The molecule has 0 atom stereocenters. The summed E-state index contributed by atoms with van der Waals surface area (Å²) in [5, 5.41) is 0. The number of aliphatic imine (C=N–C) groups is 1. The molecule has 0 unspecified atom stereocenters. The normalized spacial score (nSPS) is 16.7. The number of hydrogen-bond acceptors (Lipinski definition) is 4. The van der Waals surface area contributed by atoms with Crippen LogP contribution in [-0.2, 0) is 0 Å². The van der Waals surface area contributed by atoms with Crippen molar-refractivity contribution in [1.82, 2.24) is 9.88 Å². The Morgan fingerprint density at radius 1 is 1.43 bits per heavy atom. The largest absolute Gasteiger partial charge is 0.383 e. The molecule has 0 saturated carbocycles. The molecule has 0 radical (unpaired) electrons. The van der Waals surface area contributed by atoms with Crippen LogP contribution in [0.3, 0.4) is 0 Å². The van der Waals surface area contributed by atoms with Gasteiger partial charge < -0.3 is 10.6 Å². The van der Waals surface area contributed by atoms with Crippen molar-refractivity contribution >= 4 is 17.1 Å². The molecular weight excluding hydrogens is 176 g/mol. The molecule has 0 bridgehead atoms. The van der Waals surface area contributed by atoms with E-state index in [1.807, 2.05) is 37.3 Å². The minimum absolute atomic E-state index is 0.535. The Bertz CT molecular complexity index is 418. The van der Waals surface area contributed by atoms with Crippen molar-refractivity contribution in [2.24, 2.45) is 10.7 Å². The van der Waals surface area contributed by atoms with E-state index >= 15 is 0 Å². The van der Waals surface area contributed by atoms with Crippen LogP contribution in [0.1, 0.15) is 5.69 Å². The molecule has 72 valence electrons. The van der Waals surface area contributed by atoms with E-state index in [1.165, 1.54) is 0 Å². The molecule has 4 nitrogen and oxygen atoms in total. The summed E-state index contributed by atoms with van der Waals surface area (Å²) < 4.78 is 0. The zero-order valence-electron chi connectivity index (χ0n) is 8.23. The standard InChI is InChI=1S/C10H12N4/c1-14(2)6-7-9-8(13-10(7)11)4-3-5-12-9/h3-6H,1-2H3,(H2,11,13). The van der Waals surface area contributed by atoms with Crippen molar-refractivity contribution < 1.29 is 0 Å². The summed E-state index contributed by atoms with van der Waals surface area (Å²) in [4.78, 5) is 10.4. The highest BCUT2D eigenvalue weighted by Gasteiger charge is 2.19. The molecule has 0 spiro atoms. The van der Waals surface area contributed by atoms with Gasteiger partial charge in [0.15, 0.2) is 0 Å². The Hall–Kier alpha value is -1.84. The van der Waals surface area contributed by atoms with Gasteiger partial charge in [0.25, 0.3) is 0 Å². The highest BCUT2D eigenvalue weighted by Crippen LogP contribution is 2.30. The first-order valence-electron chi connectivity index (χ1n) is 4.36. The average molecular weight is 188 g/mol. The second kappa shape index (κ2) is 3.14. The van der Waals surface area contributed by atoms with E-state index in [0.717, 1.165) is 17.0 Å². The van der Waals surface area contributed by atoms with Gasteiger partial charge in [0.1, 0.15) is 11.5 Å². The lowest BCUT2D eigenvalue weighted by Gasteiger charge is -2.07. The topological polar surface area (TPSA) is 54.5 Å². The second-order valence-corrected chi connectivity index (χ2v) is 3.37. The Balaban J connectivity index is 2.52. The highest BCUT2D eigenvalue weighted by molar-refractivity contribution is 6.26. The molecule has 1 aromatic heterocycles. The average Bonchev–Trinajstić information content (AvgIpc) is 2.43. The Morgan fingerprint density at radius 3 is 2.93 bits per heavy atom. The summed E-state index contributed by atoms with van der Waals surface area (Å²) in [5.41, 5.74) is 8.39. The monoisotopic (exact) mass is 188 g/mol. The van der Waals surface area contributed by atoms with Crippen LogP contribution in [0.25, 0.3) is 5.57 Å². The number of nitrogens with two attached hydrogens (primary N) is 1. The molecule has 0 fully saturated rings. The van der Waals surface area contributed by atoms with E-state index in [4.69, 9.17) is 5.73 Å². The van der Waals surface area contributed by atoms with Gasteiger partial charge in [-0.3, -0.25) is 4.98 Å². The lowest BCUT2D eigenvalue weighted by atomic mass is 10.2. The van der Waals surface area contributed by atoms with Crippen molar-refractivity contribution in [3.8, 4) is 0 Å². The first-order chi connectivity index (χ1) is 6.68. The van der Waals surface area contributed by atoms with Gasteiger partial charge in [0, 0.05) is 26.5 Å². The van der Waals surface area contributed by atoms with Crippen LogP contribution in [0.15, 0.2) is 29.5 Å². The third kappa shape index (κ3) is 1.35. The zero-order chi connectivity index (χ0) is 10.1. The summed E-state index contributed by atoms with van der Waals surface area (Å²) in [5.74, 6) is 0.535. The van der Waals surface area contributed by atoms with E-state index in [0.29, 0.717) is 5.84 Å². The fourth-order valence-corrected chi connectivity index (χ4v) is 1.39. The Morgan fingerprint density at radius 2 is 2.21 bits per heavy atom. The van der Waals surface area contributed by atoms with Gasteiger partial charge in [0.05, 0.1) is 11.3 Å². The first kappa shape index (κ1) is 8.74. The van der Waals surface area contributed by atoms with E-state index in [-0.39, 0.29) is 0 Å². The second-order valence-electron chi connectivity index (χ2n) is 3.37. The molecule has 0 saturated heterocycles. The minimum Gasteiger partial charge on any atom is -0.383 e. The summed E-state index contributed by atoms with van der Waals surface area (Å²) in [6.45, 7) is 0. The highest BCUT2D eigenvalue weighted by atomic mass is 15.0. The molecule has 4 heteroatoms. The number of aromatic nitrogens is 1. The number of fused-ring (bicyclic) bond motifs is 1. The van der Waals surface area contributed by atoms with Gasteiger partial charge in [-0.05, 0) is 12.1 Å². The number of pyridine rings is 1. The third-order valence-corrected chi connectivity index (χ3v) is 1.95. The van der Waals surface area contributed by atoms with Crippen molar-refractivity contribution in [2.75, 3.05) is 14.1 Å². The summed E-state index contributed by atoms with van der Waals surface area (Å²) in [6.07, 6.45) is 3.67. The van der Waals surface area contributed by atoms with E-state index in [1.54, 1.807) is 6.20 Å². The lowest BCUT2D eigenvalue weighted by molar-refractivity contribution is 0.566. The van der Waals surface area contributed by atoms with Gasteiger partial charge in [-0.25, -0.2) is 4.99 Å². The number of hydrogen-bond donors (Lipinski definition) is 1. The first-order valence-corrected chi connectivity index (χ1v) is 4.36. The molecule has 2 heterocycles. The Labute approximate surface area is 82.8 Å². The predicted molar refractivity (Wildman–Crippen MR) is 57.2 cm³/mol. The quantitative estimate of drug-likeness (QED) is 0.715. The molecule has 2 N–H and O–H groups in total. The van der Waals surface area contributed by atoms with Crippen LogP contribution in [0.5, 0.6) is 0 Å². The Kier molecular flexibility index (Phi) is 1.96.